The van der Waals surface area contributed by atoms with Gasteiger partial charge in [-0.25, -0.2) is 9.18 Å². The van der Waals surface area contributed by atoms with E-state index >= 15 is 0 Å². The minimum Gasteiger partial charge on any atom is -0.370 e. The van der Waals surface area contributed by atoms with Gasteiger partial charge in [-0.2, -0.15) is 0 Å². The Morgan fingerprint density at radius 2 is 1.91 bits per heavy atom. The van der Waals surface area contributed by atoms with E-state index in [2.05, 4.69) is 5.32 Å². The molecule has 1 atom stereocenters. The maximum atomic E-state index is 13.4. The highest BCUT2D eigenvalue weighted by molar-refractivity contribution is 5.99. The van der Waals surface area contributed by atoms with Crippen molar-refractivity contribution in [1.29, 1.82) is 0 Å². The molecule has 34 heavy (non-hydrogen) atoms. The second-order valence-corrected chi connectivity index (χ2v) is 8.82. The van der Waals surface area contributed by atoms with Crippen molar-refractivity contribution in [3.05, 3.63) is 65.5 Å². The highest BCUT2D eigenvalue weighted by atomic mass is 19.1. The molecule has 2 aliphatic heterocycles. The summed E-state index contributed by atoms with van der Waals surface area (Å²) in [5.41, 5.74) is 1.85. The minimum absolute atomic E-state index is 0.0449. The van der Waals surface area contributed by atoms with Gasteiger partial charge in [-0.3, -0.25) is 14.5 Å². The molecule has 0 unspecified atom stereocenters. The van der Waals surface area contributed by atoms with Gasteiger partial charge in [-0.1, -0.05) is 18.2 Å². The van der Waals surface area contributed by atoms with Crippen molar-refractivity contribution in [2.75, 3.05) is 37.6 Å². The number of nitrogens with zero attached hydrogens (tertiary/aromatic N) is 3. The number of benzene rings is 2. The van der Waals surface area contributed by atoms with Gasteiger partial charge < -0.3 is 19.9 Å². The molecule has 4 amide bonds. The van der Waals surface area contributed by atoms with Crippen molar-refractivity contribution >= 4 is 23.5 Å². The average molecular weight is 469 g/mol. The molecule has 2 saturated heterocycles. The molecule has 2 heterocycles. The fourth-order valence-electron chi connectivity index (χ4n) is 4.20. The van der Waals surface area contributed by atoms with Crippen molar-refractivity contribution in [2.45, 2.75) is 32.6 Å². The molecule has 0 spiro atoms. The van der Waals surface area contributed by atoms with Gasteiger partial charge in [0.05, 0.1) is 12.7 Å². The summed E-state index contributed by atoms with van der Waals surface area (Å²) in [6.45, 7) is 5.72. The Bertz CT molecular complexity index is 1060. The topological polar surface area (TPSA) is 82.2 Å². The summed E-state index contributed by atoms with van der Waals surface area (Å²) in [7, 11) is 0. The van der Waals surface area contributed by atoms with Crippen LogP contribution in [-0.4, -0.2) is 72.5 Å². The Balaban J connectivity index is 1.52. The number of anilines is 1. The lowest BCUT2D eigenvalue weighted by Gasteiger charge is -2.27. The molecule has 0 aliphatic carbocycles. The number of carbonyl (C=O) groups excluding carboxylic acids is 3. The van der Waals surface area contributed by atoms with Gasteiger partial charge in [0.15, 0.2) is 0 Å². The lowest BCUT2D eigenvalue weighted by molar-refractivity contribution is -0.133. The first-order valence-electron chi connectivity index (χ1n) is 11.4. The summed E-state index contributed by atoms with van der Waals surface area (Å²) in [5, 5.41) is 2.75. The standard InChI is InChI=1S/C25H29FN4O4/c1-17(2)30-14-22(34-16-18-6-8-20(26)9-7-18)13-28(15-23(30)31)24(32)19-4-3-5-21(12-19)29-11-10-27-25(29)33/h3-9,12,17,22H,10-11,13-16H2,1-2H3,(H,27,33)/t22-/m0/s1. The molecule has 2 aromatic rings. The van der Waals surface area contributed by atoms with E-state index in [9.17, 15) is 18.8 Å². The van der Waals surface area contributed by atoms with E-state index in [0.29, 0.717) is 30.9 Å². The molecule has 0 aromatic heterocycles. The van der Waals surface area contributed by atoms with Gasteiger partial charge >= 0.3 is 6.03 Å². The van der Waals surface area contributed by atoms with Gasteiger partial charge in [0.25, 0.3) is 5.91 Å². The normalized spacial score (nSPS) is 18.9. The lowest BCUT2D eigenvalue weighted by Crippen LogP contribution is -2.42. The van der Waals surface area contributed by atoms with Crippen LogP contribution < -0.4 is 10.2 Å². The Morgan fingerprint density at radius 3 is 2.59 bits per heavy atom. The molecule has 0 bridgehead atoms. The van der Waals surface area contributed by atoms with Crippen LogP contribution in [0.4, 0.5) is 14.9 Å². The van der Waals surface area contributed by atoms with E-state index in [0.717, 1.165) is 5.56 Å². The Hall–Kier alpha value is -3.46. The number of hydrogen-bond acceptors (Lipinski definition) is 4. The maximum Gasteiger partial charge on any atom is 0.321 e. The van der Waals surface area contributed by atoms with E-state index in [1.54, 1.807) is 46.2 Å². The first-order chi connectivity index (χ1) is 16.3. The first-order valence-corrected chi connectivity index (χ1v) is 11.4. The molecule has 180 valence electrons. The van der Waals surface area contributed by atoms with Crippen molar-refractivity contribution in [2.24, 2.45) is 0 Å². The highest BCUT2D eigenvalue weighted by Gasteiger charge is 2.33. The third-order valence-electron chi connectivity index (χ3n) is 6.04. The summed E-state index contributed by atoms with van der Waals surface area (Å²) in [6.07, 6.45) is -0.407. The largest absolute Gasteiger partial charge is 0.370 e. The van der Waals surface area contributed by atoms with E-state index < -0.39 is 6.10 Å². The minimum atomic E-state index is -0.407. The molecular formula is C25H29FN4O4. The highest BCUT2D eigenvalue weighted by Crippen LogP contribution is 2.21. The van der Waals surface area contributed by atoms with Crippen LogP contribution in [-0.2, 0) is 16.1 Å². The summed E-state index contributed by atoms with van der Waals surface area (Å²) in [5.74, 6) is -0.762. The van der Waals surface area contributed by atoms with Crippen LogP contribution in [0.3, 0.4) is 0 Å². The van der Waals surface area contributed by atoms with E-state index in [-0.39, 0.29) is 49.4 Å². The SMILES string of the molecule is CC(C)N1C[C@@H](OCc2ccc(F)cc2)CN(C(=O)c2cccc(N3CCNC3=O)c2)CC1=O. The Labute approximate surface area is 198 Å². The predicted octanol–water partition coefficient (Wildman–Crippen LogP) is 2.63. The van der Waals surface area contributed by atoms with Crippen molar-refractivity contribution in [3.8, 4) is 0 Å². The van der Waals surface area contributed by atoms with E-state index in [1.165, 1.54) is 17.0 Å². The van der Waals surface area contributed by atoms with Crippen LogP contribution in [0.15, 0.2) is 48.5 Å². The molecule has 4 rings (SSSR count). The zero-order valence-electron chi connectivity index (χ0n) is 19.4. The monoisotopic (exact) mass is 468 g/mol. The van der Waals surface area contributed by atoms with Crippen molar-refractivity contribution < 1.29 is 23.5 Å². The van der Waals surface area contributed by atoms with E-state index in [1.807, 2.05) is 13.8 Å². The molecule has 0 radical (unpaired) electrons. The zero-order chi connectivity index (χ0) is 24.2. The Kier molecular flexibility index (Phi) is 7.12. The summed E-state index contributed by atoms with van der Waals surface area (Å²) in [4.78, 5) is 43.2. The first kappa shape index (κ1) is 23.7. The smallest absolute Gasteiger partial charge is 0.321 e. The number of hydrogen-bond donors (Lipinski definition) is 1. The van der Waals surface area contributed by atoms with Crippen LogP contribution >= 0.6 is 0 Å². The number of halogens is 1. The molecule has 2 fully saturated rings. The lowest BCUT2D eigenvalue weighted by atomic mass is 10.1. The quantitative estimate of drug-likeness (QED) is 0.707. The molecule has 2 aromatic carbocycles. The molecule has 1 N–H and O–H groups in total. The number of nitrogens with one attached hydrogen (secondary N) is 1. The summed E-state index contributed by atoms with van der Waals surface area (Å²) in [6, 6.07) is 12.7. The fraction of sp³-hybridized carbons (Fsp3) is 0.400. The maximum absolute atomic E-state index is 13.4. The second kappa shape index (κ2) is 10.2. The van der Waals surface area contributed by atoms with Gasteiger partial charge in [0.2, 0.25) is 5.91 Å². The molecule has 2 aliphatic rings. The van der Waals surface area contributed by atoms with Crippen molar-refractivity contribution in [1.82, 2.24) is 15.1 Å². The molecule has 9 heteroatoms. The average Bonchev–Trinajstić information content (AvgIpc) is 3.18. The number of urea groups is 1. The third-order valence-corrected chi connectivity index (χ3v) is 6.04. The zero-order valence-corrected chi connectivity index (χ0v) is 19.4. The predicted molar refractivity (Wildman–Crippen MR) is 125 cm³/mol. The number of rotatable bonds is 6. The summed E-state index contributed by atoms with van der Waals surface area (Å²) < 4.78 is 19.3. The number of amides is 4. The molecule has 0 saturated carbocycles. The Morgan fingerprint density at radius 1 is 1.15 bits per heavy atom. The molecular weight excluding hydrogens is 439 g/mol. The molecule has 8 nitrogen and oxygen atoms in total. The van der Waals surface area contributed by atoms with Gasteiger partial charge in [-0.05, 0) is 49.7 Å². The van der Waals surface area contributed by atoms with Gasteiger partial charge in [0.1, 0.15) is 12.4 Å². The van der Waals surface area contributed by atoms with E-state index in [4.69, 9.17) is 4.74 Å². The van der Waals surface area contributed by atoms with Crippen LogP contribution in [0.1, 0.15) is 29.8 Å². The van der Waals surface area contributed by atoms with Gasteiger partial charge in [-0.15, -0.1) is 0 Å². The number of carbonyl (C=O) groups is 3. The van der Waals surface area contributed by atoms with Crippen LogP contribution in [0.5, 0.6) is 0 Å². The van der Waals surface area contributed by atoms with Crippen molar-refractivity contribution in [3.63, 3.8) is 0 Å². The van der Waals surface area contributed by atoms with Crippen LogP contribution in [0.2, 0.25) is 0 Å². The second-order valence-electron chi connectivity index (χ2n) is 8.82. The number of ether oxygens (including phenoxy) is 1. The van der Waals surface area contributed by atoms with Crippen LogP contribution in [0.25, 0.3) is 0 Å². The van der Waals surface area contributed by atoms with Crippen LogP contribution in [0, 0.1) is 5.82 Å². The summed E-state index contributed by atoms with van der Waals surface area (Å²) >= 11 is 0. The van der Waals surface area contributed by atoms with Gasteiger partial charge in [0, 0.05) is 43.5 Å². The third kappa shape index (κ3) is 5.36. The fourth-order valence-corrected chi connectivity index (χ4v) is 4.20.